The number of aromatic amines is 1. The lowest BCUT2D eigenvalue weighted by atomic mass is 10.3. The summed E-state index contributed by atoms with van der Waals surface area (Å²) in [5.41, 5.74) is -1.22. The van der Waals surface area contributed by atoms with Gasteiger partial charge >= 0.3 is 5.69 Å². The van der Waals surface area contributed by atoms with E-state index in [2.05, 4.69) is 15.6 Å². The summed E-state index contributed by atoms with van der Waals surface area (Å²) in [6.45, 7) is 5.11. The summed E-state index contributed by atoms with van der Waals surface area (Å²) in [6.07, 6.45) is 1.14. The Morgan fingerprint density at radius 3 is 2.78 bits per heavy atom. The molecule has 0 aliphatic heterocycles. The standard InChI is InChI=1S/C11H18N4O3/c1-4-12-7(2)5-13-9(16)8-6-14-11(18)15(3)10(8)17/h6-7,12H,4-5H2,1-3H3,(H,13,16)(H,14,18)/t7-/m1/s1. The van der Waals surface area contributed by atoms with Crippen LogP contribution in [-0.4, -0.2) is 34.6 Å². The minimum absolute atomic E-state index is 0.0687. The highest BCUT2D eigenvalue weighted by atomic mass is 16.2. The quantitative estimate of drug-likeness (QED) is 0.615. The van der Waals surface area contributed by atoms with E-state index in [0.29, 0.717) is 6.54 Å². The van der Waals surface area contributed by atoms with Crippen LogP contribution in [0.15, 0.2) is 15.8 Å². The first-order chi connectivity index (χ1) is 8.47. The lowest BCUT2D eigenvalue weighted by Gasteiger charge is -2.13. The van der Waals surface area contributed by atoms with Crippen molar-refractivity contribution in [3.8, 4) is 0 Å². The van der Waals surface area contributed by atoms with Gasteiger partial charge in [-0.3, -0.25) is 14.2 Å². The van der Waals surface area contributed by atoms with Crippen LogP contribution >= 0.6 is 0 Å². The smallest absolute Gasteiger partial charge is 0.328 e. The fraction of sp³-hybridized carbons (Fsp3) is 0.545. The van der Waals surface area contributed by atoms with Gasteiger partial charge in [0, 0.05) is 25.8 Å². The summed E-state index contributed by atoms with van der Waals surface area (Å²) in [5, 5.41) is 5.77. The molecular weight excluding hydrogens is 236 g/mol. The fourth-order valence-electron chi connectivity index (χ4n) is 1.49. The van der Waals surface area contributed by atoms with Crippen LogP contribution in [0.3, 0.4) is 0 Å². The predicted molar refractivity (Wildman–Crippen MR) is 67.8 cm³/mol. The number of nitrogens with zero attached hydrogens (tertiary/aromatic N) is 1. The van der Waals surface area contributed by atoms with Crippen molar-refractivity contribution in [3.63, 3.8) is 0 Å². The molecule has 0 aromatic carbocycles. The molecule has 0 aliphatic rings. The van der Waals surface area contributed by atoms with Crippen LogP contribution in [0.2, 0.25) is 0 Å². The Labute approximate surface area is 104 Å². The third-order valence-electron chi connectivity index (χ3n) is 2.55. The number of likely N-dealkylation sites (N-methyl/N-ethyl adjacent to an activating group) is 1. The number of carbonyl (C=O) groups is 1. The monoisotopic (exact) mass is 254 g/mol. The first-order valence-electron chi connectivity index (χ1n) is 5.77. The summed E-state index contributed by atoms with van der Waals surface area (Å²) in [5.74, 6) is -0.489. The first-order valence-corrected chi connectivity index (χ1v) is 5.77. The molecule has 1 aromatic heterocycles. The Morgan fingerprint density at radius 2 is 2.17 bits per heavy atom. The van der Waals surface area contributed by atoms with Gasteiger partial charge in [0.2, 0.25) is 0 Å². The van der Waals surface area contributed by atoms with E-state index >= 15 is 0 Å². The van der Waals surface area contributed by atoms with E-state index in [9.17, 15) is 14.4 Å². The van der Waals surface area contributed by atoms with Gasteiger partial charge < -0.3 is 15.6 Å². The Balaban J connectivity index is 2.77. The van der Waals surface area contributed by atoms with Gasteiger partial charge in [-0.2, -0.15) is 0 Å². The second-order valence-electron chi connectivity index (χ2n) is 4.04. The van der Waals surface area contributed by atoms with Crippen molar-refractivity contribution in [2.45, 2.75) is 19.9 Å². The van der Waals surface area contributed by atoms with E-state index in [0.717, 1.165) is 17.3 Å². The fourth-order valence-corrected chi connectivity index (χ4v) is 1.49. The van der Waals surface area contributed by atoms with E-state index in [1.807, 2.05) is 13.8 Å². The topological polar surface area (TPSA) is 96.0 Å². The second kappa shape index (κ2) is 6.15. The molecule has 0 unspecified atom stereocenters. The van der Waals surface area contributed by atoms with E-state index < -0.39 is 17.2 Å². The van der Waals surface area contributed by atoms with Crippen molar-refractivity contribution in [2.24, 2.45) is 7.05 Å². The summed E-state index contributed by atoms with van der Waals surface area (Å²) >= 11 is 0. The third-order valence-corrected chi connectivity index (χ3v) is 2.55. The number of amides is 1. The summed E-state index contributed by atoms with van der Waals surface area (Å²) < 4.78 is 0.864. The molecule has 1 amide bonds. The molecule has 0 spiro atoms. The van der Waals surface area contributed by atoms with Gasteiger partial charge in [0.05, 0.1) is 0 Å². The minimum atomic E-state index is -0.604. The largest absolute Gasteiger partial charge is 0.350 e. The third kappa shape index (κ3) is 3.30. The molecule has 0 saturated carbocycles. The molecule has 1 rings (SSSR count). The van der Waals surface area contributed by atoms with Gasteiger partial charge in [0.1, 0.15) is 5.56 Å². The van der Waals surface area contributed by atoms with Crippen LogP contribution in [0.5, 0.6) is 0 Å². The molecule has 1 heterocycles. The highest BCUT2D eigenvalue weighted by Gasteiger charge is 2.13. The highest BCUT2D eigenvalue weighted by molar-refractivity contribution is 5.93. The Bertz CT molecular complexity index is 532. The Morgan fingerprint density at radius 1 is 1.50 bits per heavy atom. The van der Waals surface area contributed by atoms with Crippen LogP contribution in [0.4, 0.5) is 0 Å². The van der Waals surface area contributed by atoms with Crippen molar-refractivity contribution in [3.05, 3.63) is 32.6 Å². The van der Waals surface area contributed by atoms with E-state index in [1.54, 1.807) is 0 Å². The van der Waals surface area contributed by atoms with Crippen LogP contribution in [0.1, 0.15) is 24.2 Å². The van der Waals surface area contributed by atoms with E-state index in [4.69, 9.17) is 0 Å². The van der Waals surface area contributed by atoms with Gasteiger partial charge in [0.15, 0.2) is 0 Å². The van der Waals surface area contributed by atoms with Crippen LogP contribution in [0.25, 0.3) is 0 Å². The number of H-pyrrole nitrogens is 1. The van der Waals surface area contributed by atoms with Gasteiger partial charge in [-0.25, -0.2) is 4.79 Å². The maximum atomic E-state index is 11.8. The molecule has 0 aliphatic carbocycles. The molecular formula is C11H18N4O3. The predicted octanol–water partition coefficient (Wildman–Crippen LogP) is -1.20. The number of rotatable bonds is 5. The molecule has 1 atom stereocenters. The van der Waals surface area contributed by atoms with Gasteiger partial charge in [0.25, 0.3) is 11.5 Å². The SMILES string of the molecule is CCN[C@H](C)CNC(=O)c1c[nH]c(=O)n(C)c1=O. The van der Waals surface area contributed by atoms with Crippen LogP contribution < -0.4 is 21.9 Å². The normalized spacial score (nSPS) is 12.2. The number of hydrogen-bond acceptors (Lipinski definition) is 4. The maximum absolute atomic E-state index is 11.8. The lowest BCUT2D eigenvalue weighted by Crippen LogP contribution is -2.42. The van der Waals surface area contributed by atoms with Gasteiger partial charge in [-0.15, -0.1) is 0 Å². The van der Waals surface area contributed by atoms with Crippen LogP contribution in [0, 0.1) is 0 Å². The van der Waals surface area contributed by atoms with E-state index in [1.165, 1.54) is 7.05 Å². The Hall–Kier alpha value is -1.89. The average Bonchev–Trinajstić information content (AvgIpc) is 2.34. The maximum Gasteiger partial charge on any atom is 0.328 e. The molecule has 7 heteroatoms. The van der Waals surface area contributed by atoms with Crippen molar-refractivity contribution < 1.29 is 4.79 Å². The van der Waals surface area contributed by atoms with Gasteiger partial charge in [-0.1, -0.05) is 6.92 Å². The second-order valence-corrected chi connectivity index (χ2v) is 4.04. The van der Waals surface area contributed by atoms with Gasteiger partial charge in [-0.05, 0) is 13.5 Å². The molecule has 7 nitrogen and oxygen atoms in total. The number of nitrogens with one attached hydrogen (secondary N) is 3. The van der Waals surface area contributed by atoms with Crippen molar-refractivity contribution in [2.75, 3.05) is 13.1 Å². The number of hydrogen-bond donors (Lipinski definition) is 3. The molecule has 100 valence electrons. The highest BCUT2D eigenvalue weighted by Crippen LogP contribution is 1.87. The van der Waals surface area contributed by atoms with Crippen molar-refractivity contribution in [1.29, 1.82) is 0 Å². The average molecular weight is 254 g/mol. The number of carbonyl (C=O) groups excluding carboxylic acids is 1. The van der Waals surface area contributed by atoms with E-state index in [-0.39, 0.29) is 11.6 Å². The molecule has 0 bridgehead atoms. The zero-order chi connectivity index (χ0) is 13.7. The molecule has 18 heavy (non-hydrogen) atoms. The minimum Gasteiger partial charge on any atom is -0.350 e. The summed E-state index contributed by atoms with van der Waals surface area (Å²) in [4.78, 5) is 36.9. The molecule has 3 N–H and O–H groups in total. The number of aromatic nitrogens is 2. The molecule has 0 fully saturated rings. The summed E-state index contributed by atoms with van der Waals surface area (Å²) in [7, 11) is 1.32. The first kappa shape index (κ1) is 14.2. The van der Waals surface area contributed by atoms with Crippen molar-refractivity contribution >= 4 is 5.91 Å². The lowest BCUT2D eigenvalue weighted by molar-refractivity contribution is 0.0947. The van der Waals surface area contributed by atoms with Crippen LogP contribution in [-0.2, 0) is 7.05 Å². The zero-order valence-corrected chi connectivity index (χ0v) is 10.7. The molecule has 0 radical (unpaired) electrons. The Kier molecular flexibility index (Phi) is 4.85. The summed E-state index contributed by atoms with van der Waals surface area (Å²) in [6, 6.07) is 0.116. The zero-order valence-electron chi connectivity index (χ0n) is 10.7. The molecule has 0 saturated heterocycles. The molecule has 1 aromatic rings. The van der Waals surface area contributed by atoms with Crippen molar-refractivity contribution in [1.82, 2.24) is 20.2 Å².